The fourth-order valence-corrected chi connectivity index (χ4v) is 1.63. The van der Waals surface area contributed by atoms with E-state index >= 15 is 0 Å². The first-order chi connectivity index (χ1) is 8.56. The Bertz CT molecular complexity index is 558. The van der Waals surface area contributed by atoms with Crippen LogP contribution in [0.15, 0.2) is 23.3 Å². The van der Waals surface area contributed by atoms with E-state index < -0.39 is 0 Å². The highest BCUT2D eigenvalue weighted by molar-refractivity contribution is 5.35. The second-order valence-electron chi connectivity index (χ2n) is 4.51. The van der Waals surface area contributed by atoms with Crippen LogP contribution in [-0.4, -0.2) is 19.9 Å². The molecule has 0 saturated heterocycles. The van der Waals surface area contributed by atoms with Gasteiger partial charge >= 0.3 is 0 Å². The smallest absolute Gasteiger partial charge is 0.252 e. The van der Waals surface area contributed by atoms with E-state index in [4.69, 9.17) is 0 Å². The van der Waals surface area contributed by atoms with Crippen LogP contribution in [0.4, 0.5) is 5.82 Å². The minimum absolute atomic E-state index is 0.0330. The fourth-order valence-electron chi connectivity index (χ4n) is 1.63. The van der Waals surface area contributed by atoms with Crippen molar-refractivity contribution in [2.45, 2.75) is 32.7 Å². The summed E-state index contributed by atoms with van der Waals surface area (Å²) in [6.07, 6.45) is 3.45. The average molecular weight is 247 g/mol. The third-order valence-corrected chi connectivity index (χ3v) is 2.60. The van der Waals surface area contributed by atoms with Crippen molar-refractivity contribution in [3.8, 4) is 0 Å². The predicted molar refractivity (Wildman–Crippen MR) is 69.6 cm³/mol. The maximum absolute atomic E-state index is 11.5. The Morgan fingerprint density at radius 3 is 2.67 bits per heavy atom. The van der Waals surface area contributed by atoms with Gasteiger partial charge in [-0.15, -0.1) is 0 Å². The molecule has 6 nitrogen and oxygen atoms in total. The molecule has 1 unspecified atom stereocenters. The lowest BCUT2D eigenvalue weighted by molar-refractivity contribution is 0.753. The summed E-state index contributed by atoms with van der Waals surface area (Å²) in [5.74, 6) is 2.23. The molecular formula is C12H17N5O. The summed E-state index contributed by atoms with van der Waals surface area (Å²) in [4.78, 5) is 25.8. The highest BCUT2D eigenvalue weighted by Gasteiger charge is 2.10. The third kappa shape index (κ3) is 2.77. The van der Waals surface area contributed by atoms with Gasteiger partial charge in [0.2, 0.25) is 0 Å². The number of nitrogens with one attached hydrogen (secondary N) is 3. The molecule has 0 amide bonds. The van der Waals surface area contributed by atoms with Gasteiger partial charge in [0, 0.05) is 24.4 Å². The number of anilines is 1. The molecule has 6 heteroatoms. The van der Waals surface area contributed by atoms with Crippen LogP contribution in [-0.2, 0) is 0 Å². The van der Waals surface area contributed by atoms with Crippen molar-refractivity contribution < 1.29 is 0 Å². The number of aromatic nitrogens is 4. The van der Waals surface area contributed by atoms with Gasteiger partial charge in [0.15, 0.2) is 0 Å². The lowest BCUT2D eigenvalue weighted by atomic mass is 10.2. The first kappa shape index (κ1) is 12.3. The molecule has 0 aliphatic carbocycles. The zero-order valence-electron chi connectivity index (χ0n) is 10.7. The van der Waals surface area contributed by atoms with E-state index in [-0.39, 0.29) is 17.5 Å². The number of H-pyrrole nitrogens is 2. The van der Waals surface area contributed by atoms with Crippen molar-refractivity contribution in [2.24, 2.45) is 0 Å². The first-order valence-electron chi connectivity index (χ1n) is 5.93. The Kier molecular flexibility index (Phi) is 3.45. The van der Waals surface area contributed by atoms with Crippen molar-refractivity contribution in [3.05, 3.63) is 40.5 Å². The second kappa shape index (κ2) is 5.03. The molecule has 96 valence electrons. The number of aromatic amines is 2. The largest absolute Gasteiger partial charge is 0.360 e. The van der Waals surface area contributed by atoms with Crippen LogP contribution in [0.25, 0.3) is 0 Å². The summed E-state index contributed by atoms with van der Waals surface area (Å²) in [7, 11) is 0. The maximum atomic E-state index is 11.5. The summed E-state index contributed by atoms with van der Waals surface area (Å²) in [6.45, 7) is 5.92. The van der Waals surface area contributed by atoms with Gasteiger partial charge in [-0.05, 0) is 6.92 Å². The molecule has 0 fully saturated rings. The second-order valence-corrected chi connectivity index (χ2v) is 4.51. The molecule has 2 aromatic rings. The van der Waals surface area contributed by atoms with Gasteiger partial charge in [-0.25, -0.2) is 9.97 Å². The van der Waals surface area contributed by atoms with E-state index in [1.165, 1.54) is 6.07 Å². The van der Waals surface area contributed by atoms with Gasteiger partial charge in [-0.3, -0.25) is 4.79 Å². The third-order valence-electron chi connectivity index (χ3n) is 2.60. The Hall–Kier alpha value is -2.11. The molecule has 2 aromatic heterocycles. The molecule has 0 bridgehead atoms. The highest BCUT2D eigenvalue weighted by Crippen LogP contribution is 2.14. The van der Waals surface area contributed by atoms with Crippen LogP contribution in [0.3, 0.4) is 0 Å². The number of hydrogen-bond acceptors (Lipinski definition) is 4. The van der Waals surface area contributed by atoms with Crippen molar-refractivity contribution >= 4 is 5.82 Å². The number of rotatable bonds is 4. The Labute approximate surface area is 105 Å². The minimum atomic E-state index is -0.150. The Morgan fingerprint density at radius 1 is 1.28 bits per heavy atom. The summed E-state index contributed by atoms with van der Waals surface area (Å²) < 4.78 is 0. The zero-order valence-corrected chi connectivity index (χ0v) is 10.7. The van der Waals surface area contributed by atoms with Gasteiger partial charge in [-0.2, -0.15) is 0 Å². The van der Waals surface area contributed by atoms with Crippen LogP contribution in [0.1, 0.15) is 44.4 Å². The molecule has 3 N–H and O–H groups in total. The van der Waals surface area contributed by atoms with Crippen LogP contribution >= 0.6 is 0 Å². The van der Waals surface area contributed by atoms with Gasteiger partial charge in [-0.1, -0.05) is 13.8 Å². The molecule has 2 heterocycles. The lowest BCUT2D eigenvalue weighted by Crippen LogP contribution is -2.16. The van der Waals surface area contributed by atoms with E-state index in [2.05, 4.69) is 25.3 Å². The summed E-state index contributed by atoms with van der Waals surface area (Å²) in [5, 5.41) is 3.16. The molecule has 2 rings (SSSR count). The quantitative estimate of drug-likeness (QED) is 0.768. The van der Waals surface area contributed by atoms with Crippen LogP contribution in [0, 0.1) is 0 Å². The fraction of sp³-hybridized carbons (Fsp3) is 0.417. The van der Waals surface area contributed by atoms with E-state index in [0.29, 0.717) is 11.6 Å². The van der Waals surface area contributed by atoms with Crippen molar-refractivity contribution in [3.63, 3.8) is 0 Å². The molecular weight excluding hydrogens is 230 g/mol. The van der Waals surface area contributed by atoms with Crippen LogP contribution < -0.4 is 10.9 Å². The molecule has 0 saturated carbocycles. The predicted octanol–water partition coefficient (Wildman–Crippen LogP) is 1.79. The minimum Gasteiger partial charge on any atom is -0.360 e. The van der Waals surface area contributed by atoms with Crippen molar-refractivity contribution in [2.75, 3.05) is 5.32 Å². The van der Waals surface area contributed by atoms with Crippen LogP contribution in [0.2, 0.25) is 0 Å². The standard InChI is InChI=1S/C12H17N5O/c1-7(2)11-16-9(6-10(18)17-11)15-8(3)12-13-4-5-14-12/h4-8H,1-3H3,(H,13,14)(H2,15,16,17,18). The molecule has 18 heavy (non-hydrogen) atoms. The average Bonchev–Trinajstić information content (AvgIpc) is 2.81. The summed E-state index contributed by atoms with van der Waals surface area (Å²) in [5.41, 5.74) is -0.150. The summed E-state index contributed by atoms with van der Waals surface area (Å²) in [6, 6.07) is 1.42. The Balaban J connectivity index is 2.21. The summed E-state index contributed by atoms with van der Waals surface area (Å²) >= 11 is 0. The van der Waals surface area contributed by atoms with Gasteiger partial charge in [0.05, 0.1) is 6.04 Å². The molecule has 1 atom stereocenters. The maximum Gasteiger partial charge on any atom is 0.252 e. The van der Waals surface area contributed by atoms with E-state index in [1.54, 1.807) is 12.4 Å². The van der Waals surface area contributed by atoms with Crippen molar-refractivity contribution in [1.29, 1.82) is 0 Å². The SMILES string of the molecule is CC(C)c1nc(NC(C)c2ncc[nH]2)cc(=O)[nH]1. The van der Waals surface area contributed by atoms with E-state index in [1.807, 2.05) is 20.8 Å². The topological polar surface area (TPSA) is 86.5 Å². The van der Waals surface area contributed by atoms with E-state index in [9.17, 15) is 4.79 Å². The van der Waals surface area contributed by atoms with Gasteiger partial charge in [0.1, 0.15) is 17.5 Å². The highest BCUT2D eigenvalue weighted by atomic mass is 16.1. The van der Waals surface area contributed by atoms with Crippen LogP contribution in [0.5, 0.6) is 0 Å². The molecule has 0 aliphatic rings. The van der Waals surface area contributed by atoms with Crippen molar-refractivity contribution in [1.82, 2.24) is 19.9 Å². The lowest BCUT2D eigenvalue weighted by Gasteiger charge is -2.13. The number of imidazole rings is 1. The monoisotopic (exact) mass is 247 g/mol. The number of nitrogens with zero attached hydrogens (tertiary/aromatic N) is 2. The number of hydrogen-bond donors (Lipinski definition) is 3. The molecule has 0 spiro atoms. The molecule has 0 aliphatic heterocycles. The molecule has 0 aromatic carbocycles. The van der Waals surface area contributed by atoms with Gasteiger partial charge in [0.25, 0.3) is 5.56 Å². The van der Waals surface area contributed by atoms with Gasteiger partial charge < -0.3 is 15.3 Å². The zero-order chi connectivity index (χ0) is 13.1. The normalized spacial score (nSPS) is 12.7. The van der Waals surface area contributed by atoms with E-state index in [0.717, 1.165) is 5.82 Å². The molecule has 0 radical (unpaired) electrons. The first-order valence-corrected chi connectivity index (χ1v) is 5.93. The Morgan fingerprint density at radius 2 is 2.06 bits per heavy atom.